The fourth-order valence-corrected chi connectivity index (χ4v) is 1.18. The first kappa shape index (κ1) is 10.7. The van der Waals surface area contributed by atoms with Crippen LogP contribution in [0.1, 0.15) is 29.9 Å². The predicted octanol–water partition coefficient (Wildman–Crippen LogP) is 0.635. The maximum Gasteiger partial charge on any atom is 0.339 e. The number of hydrogen-bond acceptors (Lipinski definition) is 3. The van der Waals surface area contributed by atoms with Crippen molar-refractivity contribution >= 4 is 5.97 Å². The van der Waals surface area contributed by atoms with E-state index < -0.39 is 5.97 Å². The lowest BCUT2D eigenvalue weighted by Gasteiger charge is -2.21. The molecule has 1 heterocycles. The van der Waals surface area contributed by atoms with E-state index in [1.807, 2.05) is 13.8 Å². The molecule has 0 aromatic carbocycles. The van der Waals surface area contributed by atoms with Crippen LogP contribution in [-0.2, 0) is 6.42 Å². The molecular weight excluding hydrogens is 182 g/mol. The number of nitrogens with one attached hydrogen (secondary N) is 1. The number of hydrogen-bond donors (Lipinski definition) is 3. The van der Waals surface area contributed by atoms with Gasteiger partial charge >= 0.3 is 5.97 Å². The number of nitrogens with zero attached hydrogens (tertiary/aromatic N) is 1. The molecule has 0 bridgehead atoms. The molecule has 5 nitrogen and oxygen atoms in total. The Morgan fingerprint density at radius 1 is 1.71 bits per heavy atom. The van der Waals surface area contributed by atoms with Gasteiger partial charge in [0, 0.05) is 0 Å². The van der Waals surface area contributed by atoms with Crippen molar-refractivity contribution in [1.29, 1.82) is 0 Å². The second kappa shape index (κ2) is 3.79. The van der Waals surface area contributed by atoms with Gasteiger partial charge in [0.25, 0.3) is 0 Å². The molecule has 5 heteroatoms. The van der Waals surface area contributed by atoms with Gasteiger partial charge in [0.05, 0.1) is 11.9 Å². The number of aromatic amines is 1. The SMILES string of the molecule is CC(C)(CN)Cc1[nH]ncc1C(=O)O. The summed E-state index contributed by atoms with van der Waals surface area (Å²) in [7, 11) is 0. The summed E-state index contributed by atoms with van der Waals surface area (Å²) in [6.07, 6.45) is 1.91. The highest BCUT2D eigenvalue weighted by Crippen LogP contribution is 2.20. The molecule has 0 aliphatic rings. The van der Waals surface area contributed by atoms with Crippen LogP contribution >= 0.6 is 0 Å². The molecule has 0 radical (unpaired) electrons. The average molecular weight is 197 g/mol. The maximum atomic E-state index is 10.8. The van der Waals surface area contributed by atoms with Crippen LogP contribution in [0.25, 0.3) is 0 Å². The van der Waals surface area contributed by atoms with E-state index >= 15 is 0 Å². The number of nitrogens with two attached hydrogens (primary N) is 1. The predicted molar refractivity (Wildman–Crippen MR) is 52.1 cm³/mol. The number of carboxylic acids is 1. The summed E-state index contributed by atoms with van der Waals surface area (Å²) < 4.78 is 0. The number of carboxylic acid groups (broad SMARTS) is 1. The van der Waals surface area contributed by atoms with E-state index in [-0.39, 0.29) is 11.0 Å². The summed E-state index contributed by atoms with van der Waals surface area (Å²) >= 11 is 0. The van der Waals surface area contributed by atoms with Gasteiger partial charge in [0.15, 0.2) is 0 Å². The van der Waals surface area contributed by atoms with Gasteiger partial charge in [-0.05, 0) is 18.4 Å². The Morgan fingerprint density at radius 3 is 2.86 bits per heavy atom. The second-order valence-corrected chi connectivity index (χ2v) is 4.11. The summed E-state index contributed by atoms with van der Waals surface area (Å²) in [5, 5.41) is 15.2. The number of rotatable bonds is 4. The molecule has 1 rings (SSSR count). The highest BCUT2D eigenvalue weighted by molar-refractivity contribution is 5.88. The third-order valence-corrected chi connectivity index (χ3v) is 2.16. The molecule has 0 saturated carbocycles. The maximum absolute atomic E-state index is 10.8. The van der Waals surface area contributed by atoms with Gasteiger partial charge in [-0.2, -0.15) is 5.10 Å². The zero-order valence-electron chi connectivity index (χ0n) is 8.37. The number of H-pyrrole nitrogens is 1. The van der Waals surface area contributed by atoms with Crippen LogP contribution in [0.15, 0.2) is 6.20 Å². The van der Waals surface area contributed by atoms with Gasteiger partial charge in [-0.25, -0.2) is 4.79 Å². The van der Waals surface area contributed by atoms with Gasteiger partial charge in [0.2, 0.25) is 0 Å². The normalized spacial score (nSPS) is 11.6. The first-order valence-corrected chi connectivity index (χ1v) is 4.42. The minimum atomic E-state index is -0.957. The van der Waals surface area contributed by atoms with E-state index in [2.05, 4.69) is 10.2 Å². The topological polar surface area (TPSA) is 92.0 Å². The molecule has 78 valence electrons. The van der Waals surface area contributed by atoms with Crippen molar-refractivity contribution in [2.45, 2.75) is 20.3 Å². The van der Waals surface area contributed by atoms with Crippen LogP contribution in [0.3, 0.4) is 0 Å². The van der Waals surface area contributed by atoms with E-state index in [1.54, 1.807) is 0 Å². The van der Waals surface area contributed by atoms with Crippen LogP contribution in [0.5, 0.6) is 0 Å². The largest absolute Gasteiger partial charge is 0.478 e. The lowest BCUT2D eigenvalue weighted by atomic mass is 9.87. The molecule has 0 aliphatic carbocycles. The Labute approximate surface area is 82.3 Å². The third-order valence-electron chi connectivity index (χ3n) is 2.16. The molecule has 0 amide bonds. The van der Waals surface area contributed by atoms with Crippen molar-refractivity contribution in [3.8, 4) is 0 Å². The molecule has 0 spiro atoms. The van der Waals surface area contributed by atoms with Crippen molar-refractivity contribution in [2.24, 2.45) is 11.1 Å². The Hall–Kier alpha value is -1.36. The number of aromatic nitrogens is 2. The number of carbonyl (C=O) groups is 1. The smallest absolute Gasteiger partial charge is 0.339 e. The van der Waals surface area contributed by atoms with Crippen LogP contribution in [-0.4, -0.2) is 27.8 Å². The Bertz CT molecular complexity index is 331. The third kappa shape index (κ3) is 2.32. The molecule has 0 saturated heterocycles. The quantitative estimate of drug-likeness (QED) is 0.660. The summed E-state index contributed by atoms with van der Waals surface area (Å²) in [4.78, 5) is 10.8. The minimum absolute atomic E-state index is 0.114. The van der Waals surface area contributed by atoms with E-state index in [0.29, 0.717) is 18.7 Å². The molecule has 0 unspecified atom stereocenters. The van der Waals surface area contributed by atoms with Crippen LogP contribution in [0, 0.1) is 5.41 Å². The van der Waals surface area contributed by atoms with Gasteiger partial charge in [-0.3, -0.25) is 5.10 Å². The second-order valence-electron chi connectivity index (χ2n) is 4.11. The van der Waals surface area contributed by atoms with Crippen LogP contribution in [0.2, 0.25) is 0 Å². The van der Waals surface area contributed by atoms with Crippen molar-refractivity contribution in [2.75, 3.05) is 6.54 Å². The van der Waals surface area contributed by atoms with Crippen molar-refractivity contribution in [3.05, 3.63) is 17.5 Å². The molecule has 4 N–H and O–H groups in total. The first-order chi connectivity index (χ1) is 6.46. The van der Waals surface area contributed by atoms with E-state index in [9.17, 15) is 4.79 Å². The zero-order valence-corrected chi connectivity index (χ0v) is 8.37. The Kier molecular flexibility index (Phi) is 2.90. The monoisotopic (exact) mass is 197 g/mol. The summed E-state index contributed by atoms with van der Waals surface area (Å²) in [6.45, 7) is 4.48. The number of aromatic carboxylic acids is 1. The summed E-state index contributed by atoms with van der Waals surface area (Å²) in [5.41, 5.74) is 6.31. The Balaban J connectivity index is 2.86. The van der Waals surface area contributed by atoms with Gasteiger partial charge in [-0.15, -0.1) is 0 Å². The summed E-state index contributed by atoms with van der Waals surface area (Å²) in [5.74, 6) is -0.957. The minimum Gasteiger partial charge on any atom is -0.478 e. The molecule has 0 fully saturated rings. The lowest BCUT2D eigenvalue weighted by Crippen LogP contribution is -2.26. The van der Waals surface area contributed by atoms with E-state index in [0.717, 1.165) is 0 Å². The fourth-order valence-electron chi connectivity index (χ4n) is 1.18. The van der Waals surface area contributed by atoms with Gasteiger partial charge in [-0.1, -0.05) is 13.8 Å². The van der Waals surface area contributed by atoms with Crippen molar-refractivity contribution in [3.63, 3.8) is 0 Å². The lowest BCUT2D eigenvalue weighted by molar-refractivity contribution is 0.0695. The van der Waals surface area contributed by atoms with Crippen LogP contribution < -0.4 is 5.73 Å². The average Bonchev–Trinajstić information content (AvgIpc) is 2.51. The van der Waals surface area contributed by atoms with Gasteiger partial charge in [0.1, 0.15) is 5.56 Å². The molecule has 0 aliphatic heterocycles. The van der Waals surface area contributed by atoms with E-state index in [1.165, 1.54) is 6.20 Å². The summed E-state index contributed by atoms with van der Waals surface area (Å²) in [6, 6.07) is 0. The fraction of sp³-hybridized carbons (Fsp3) is 0.556. The van der Waals surface area contributed by atoms with Gasteiger partial charge < -0.3 is 10.8 Å². The van der Waals surface area contributed by atoms with Crippen molar-refractivity contribution in [1.82, 2.24) is 10.2 Å². The standard InChI is InChI=1S/C9H15N3O2/c1-9(2,5-10)3-7-6(8(13)14)4-11-12-7/h4H,3,5,10H2,1-2H3,(H,11,12)(H,13,14). The highest BCUT2D eigenvalue weighted by Gasteiger charge is 2.21. The molecular formula is C9H15N3O2. The van der Waals surface area contributed by atoms with Crippen molar-refractivity contribution < 1.29 is 9.90 Å². The Morgan fingerprint density at radius 2 is 2.36 bits per heavy atom. The molecule has 14 heavy (non-hydrogen) atoms. The highest BCUT2D eigenvalue weighted by atomic mass is 16.4. The van der Waals surface area contributed by atoms with E-state index in [4.69, 9.17) is 10.8 Å². The zero-order chi connectivity index (χ0) is 10.8. The molecule has 0 atom stereocenters. The molecule has 1 aromatic heterocycles. The first-order valence-electron chi connectivity index (χ1n) is 4.42. The van der Waals surface area contributed by atoms with Crippen LogP contribution in [0.4, 0.5) is 0 Å². The molecule has 1 aromatic rings.